The summed E-state index contributed by atoms with van der Waals surface area (Å²) in [5.74, 6) is -4.31. The molecule has 6 atom stereocenters. The zero-order chi connectivity index (χ0) is 36.0. The summed E-state index contributed by atoms with van der Waals surface area (Å²) in [5, 5.41) is 57.5. The number of rotatable bonds is 25. The summed E-state index contributed by atoms with van der Waals surface area (Å²) in [6.07, 6.45) is -2.67. The molecule has 2 unspecified atom stereocenters. The third-order valence-corrected chi connectivity index (χ3v) is 8.56. The molecule has 0 spiro atoms. The lowest BCUT2D eigenvalue weighted by molar-refractivity contribution is -0.142. The number of aromatic amines is 1. The van der Waals surface area contributed by atoms with Gasteiger partial charge in [-0.25, -0.2) is 0 Å². The standard InChI is InChI=1S/C12H21N2O7PS.C10H15N6O7P/c1-12(2,3)23-6-9(21-7-15)14-22(20)13-8(11(18)19)4-5-10(16)17;17-5-23-8(3-2-7-11-15-16-12-7)14-24(22)13-6(10(20)21)1-4-9(18)19/h7-9H,4-6H2,1-3H3,(H3-,13,14,16,17,18,19,20);5-6,8H,1-4H2,(H4-,11,12,13,14,15,16,18,19,20,21,22)/p+2/t8-,9+;6-,8+/m00/s1. The molecule has 22 nitrogen and oxygen atoms in total. The number of nitrogens with zero attached hydrogens (tertiary/aromatic N) is 3. The minimum Gasteiger partial charge on any atom is -0.481 e. The van der Waals surface area contributed by atoms with E-state index in [1.807, 2.05) is 20.8 Å². The van der Waals surface area contributed by atoms with Crippen LogP contribution in [-0.2, 0) is 53.8 Å². The number of ether oxygens (including phenoxy) is 2. The summed E-state index contributed by atoms with van der Waals surface area (Å²) in [7, 11) is -4.88. The highest BCUT2D eigenvalue weighted by Crippen LogP contribution is 2.25. The van der Waals surface area contributed by atoms with Crippen LogP contribution in [0.3, 0.4) is 0 Å². The monoisotopic (exact) mass is 732 g/mol. The smallest absolute Gasteiger partial charge is 0.481 e. The number of nitrogens with one attached hydrogen (secondary N) is 5. The normalized spacial score (nSPS) is 14.2. The second-order valence-electron chi connectivity index (χ2n) is 9.98. The molecule has 0 radical (unpaired) electrons. The SMILES string of the molecule is CC(C)(C)SC[C@H](N[P+](=O)N[C@@H](CCC(=O)O)C(=O)O)OC=O.O=CO[C@H](CCc1nn[nH]n1)N[P+](=O)N[C@@H](CCC(=O)O)C(=O)O. The molecule has 47 heavy (non-hydrogen) atoms. The molecule has 264 valence electrons. The first-order valence-corrected chi connectivity index (χ1v) is 16.9. The van der Waals surface area contributed by atoms with Gasteiger partial charge in [0.1, 0.15) is 0 Å². The van der Waals surface area contributed by atoms with Crippen LogP contribution in [0.1, 0.15) is 58.7 Å². The van der Waals surface area contributed by atoms with Crippen LogP contribution in [0.15, 0.2) is 0 Å². The van der Waals surface area contributed by atoms with Crippen molar-refractivity contribution in [3.05, 3.63) is 5.82 Å². The highest BCUT2D eigenvalue weighted by atomic mass is 32.2. The van der Waals surface area contributed by atoms with Gasteiger partial charge in [0, 0.05) is 36.2 Å². The Morgan fingerprint density at radius 1 is 0.830 bits per heavy atom. The number of H-pyrrole nitrogens is 1. The Hall–Kier alpha value is -3.72. The number of carboxylic acids is 4. The second kappa shape index (κ2) is 23.6. The van der Waals surface area contributed by atoms with E-state index in [2.05, 4.69) is 41.0 Å². The van der Waals surface area contributed by atoms with E-state index in [9.17, 15) is 37.9 Å². The van der Waals surface area contributed by atoms with Crippen LogP contribution in [0.4, 0.5) is 0 Å². The van der Waals surface area contributed by atoms with E-state index in [0.717, 1.165) is 0 Å². The molecule has 1 rings (SSSR count). The molecule has 0 fully saturated rings. The summed E-state index contributed by atoms with van der Waals surface area (Å²) >= 11 is 1.47. The van der Waals surface area contributed by atoms with Crippen molar-refractivity contribution in [2.45, 2.75) is 88.6 Å². The molecule has 0 saturated heterocycles. The summed E-state index contributed by atoms with van der Waals surface area (Å²) in [6.45, 7) is 6.24. The first-order valence-electron chi connectivity index (χ1n) is 13.4. The molecule has 0 amide bonds. The Balaban J connectivity index is 0.000000902. The molecule has 0 aliphatic rings. The molecule has 1 aromatic heterocycles. The number of tetrazole rings is 1. The molecular formula is C22H38N8O14P2S+2. The molecule has 0 aliphatic carbocycles. The number of hydrogen-bond acceptors (Lipinski definition) is 14. The van der Waals surface area contributed by atoms with E-state index in [1.165, 1.54) is 11.8 Å². The molecule has 1 heterocycles. The first-order chi connectivity index (χ1) is 22.0. The quantitative estimate of drug-likeness (QED) is 0.0361. The first kappa shape index (κ1) is 43.3. The van der Waals surface area contributed by atoms with E-state index in [4.69, 9.17) is 29.9 Å². The summed E-state index contributed by atoms with van der Waals surface area (Å²) in [6, 6.07) is -2.61. The van der Waals surface area contributed by atoms with Crippen LogP contribution in [0.25, 0.3) is 0 Å². The number of carboxylic acid groups (broad SMARTS) is 4. The van der Waals surface area contributed by atoms with Gasteiger partial charge in [-0.05, 0) is 27.1 Å². The van der Waals surface area contributed by atoms with Gasteiger partial charge in [-0.1, -0.05) is 41.2 Å². The summed E-state index contributed by atoms with van der Waals surface area (Å²) < 4.78 is 33.2. The van der Waals surface area contributed by atoms with Crippen LogP contribution in [0.5, 0.6) is 0 Å². The van der Waals surface area contributed by atoms with Gasteiger partial charge in [-0.15, -0.1) is 10.2 Å². The summed E-state index contributed by atoms with van der Waals surface area (Å²) in [4.78, 5) is 64.0. The fourth-order valence-corrected chi connectivity index (χ4v) is 5.92. The number of hydrogen-bond donors (Lipinski definition) is 9. The number of carbonyl (C=O) groups is 6. The Morgan fingerprint density at radius 2 is 1.30 bits per heavy atom. The van der Waals surface area contributed by atoms with Crippen molar-refractivity contribution in [2.24, 2.45) is 0 Å². The van der Waals surface area contributed by atoms with E-state index < -0.39 is 71.0 Å². The van der Waals surface area contributed by atoms with Gasteiger partial charge >= 0.3 is 40.1 Å². The van der Waals surface area contributed by atoms with Crippen molar-refractivity contribution >= 4 is 64.8 Å². The van der Waals surface area contributed by atoms with Gasteiger partial charge in [0.2, 0.25) is 6.23 Å². The van der Waals surface area contributed by atoms with Crippen LogP contribution in [0.2, 0.25) is 0 Å². The predicted octanol–water partition coefficient (Wildman–Crippen LogP) is -0.0422. The van der Waals surface area contributed by atoms with Crippen LogP contribution < -0.4 is 20.3 Å². The molecule has 0 aliphatic heterocycles. The predicted molar refractivity (Wildman–Crippen MR) is 161 cm³/mol. The lowest BCUT2D eigenvalue weighted by Gasteiger charge is -2.20. The highest BCUT2D eigenvalue weighted by molar-refractivity contribution is 8.00. The third-order valence-electron chi connectivity index (χ3n) is 5.09. The minimum absolute atomic E-state index is 0.101. The lowest BCUT2D eigenvalue weighted by Crippen LogP contribution is -2.38. The number of aliphatic carboxylic acids is 4. The van der Waals surface area contributed by atoms with Gasteiger partial charge < -0.3 is 29.9 Å². The van der Waals surface area contributed by atoms with Crippen molar-refractivity contribution in [3.63, 3.8) is 0 Å². The third kappa shape index (κ3) is 23.3. The van der Waals surface area contributed by atoms with Crippen molar-refractivity contribution < 1.29 is 67.8 Å². The largest absolute Gasteiger partial charge is 0.536 e. The minimum atomic E-state index is -2.48. The molecule has 25 heteroatoms. The number of aryl methyl sites for hydroxylation is 1. The molecule has 0 aromatic carbocycles. The van der Waals surface area contributed by atoms with Crippen LogP contribution in [-0.4, -0.2) is 113 Å². The van der Waals surface area contributed by atoms with Gasteiger partial charge in [0.15, 0.2) is 24.1 Å². The highest BCUT2D eigenvalue weighted by Gasteiger charge is 2.33. The fourth-order valence-electron chi connectivity index (χ4n) is 2.92. The lowest BCUT2D eigenvalue weighted by atomic mass is 10.2. The molecular weight excluding hydrogens is 694 g/mol. The van der Waals surface area contributed by atoms with Gasteiger partial charge in [-0.2, -0.15) is 17.0 Å². The Labute approximate surface area is 273 Å². The average molecular weight is 733 g/mol. The van der Waals surface area contributed by atoms with Gasteiger partial charge in [0.25, 0.3) is 12.9 Å². The molecule has 0 saturated carbocycles. The van der Waals surface area contributed by atoms with Crippen molar-refractivity contribution in [3.8, 4) is 0 Å². The van der Waals surface area contributed by atoms with E-state index >= 15 is 0 Å². The van der Waals surface area contributed by atoms with E-state index in [0.29, 0.717) is 11.6 Å². The fraction of sp³-hybridized carbons (Fsp3) is 0.682. The molecule has 0 bridgehead atoms. The van der Waals surface area contributed by atoms with Gasteiger partial charge in [0.05, 0.1) is 0 Å². The van der Waals surface area contributed by atoms with Crippen molar-refractivity contribution in [2.75, 3.05) is 5.75 Å². The van der Waals surface area contributed by atoms with Crippen molar-refractivity contribution in [1.82, 2.24) is 41.0 Å². The maximum atomic E-state index is 11.9. The maximum absolute atomic E-state index is 11.9. The maximum Gasteiger partial charge on any atom is 0.536 e. The number of carbonyl (C=O) groups excluding carboxylic acids is 2. The van der Waals surface area contributed by atoms with Gasteiger partial charge in [-0.3, -0.25) is 28.8 Å². The average Bonchev–Trinajstić information content (AvgIpc) is 3.48. The Kier molecular flexibility index (Phi) is 21.7. The van der Waals surface area contributed by atoms with E-state index in [-0.39, 0.29) is 49.8 Å². The Morgan fingerprint density at radius 3 is 1.68 bits per heavy atom. The zero-order valence-corrected chi connectivity index (χ0v) is 28.0. The molecule has 1 aromatic rings. The zero-order valence-electron chi connectivity index (χ0n) is 25.4. The number of thioether (sulfide) groups is 1. The topological polar surface area (TPSA) is 339 Å². The van der Waals surface area contributed by atoms with Crippen LogP contribution in [0, 0.1) is 0 Å². The summed E-state index contributed by atoms with van der Waals surface area (Å²) in [5.41, 5.74) is 0. The second-order valence-corrected chi connectivity index (χ2v) is 14.0. The number of aromatic nitrogens is 4. The molecule has 9 N–H and O–H groups in total. The Bertz CT molecular complexity index is 1190. The van der Waals surface area contributed by atoms with Crippen molar-refractivity contribution in [1.29, 1.82) is 0 Å². The van der Waals surface area contributed by atoms with Crippen LogP contribution >= 0.6 is 28.0 Å². The van der Waals surface area contributed by atoms with E-state index in [1.54, 1.807) is 0 Å².